The van der Waals surface area contributed by atoms with Gasteiger partial charge in [0.25, 0.3) is 0 Å². The van der Waals surface area contributed by atoms with E-state index < -0.39 is 0 Å². The highest BCUT2D eigenvalue weighted by Crippen LogP contribution is 2.20. The summed E-state index contributed by atoms with van der Waals surface area (Å²) in [5, 5.41) is 6.82. The fourth-order valence-corrected chi connectivity index (χ4v) is 1.63. The molecule has 1 fully saturated rings. The maximum atomic E-state index is 5.45. The van der Waals surface area contributed by atoms with Crippen molar-refractivity contribution in [2.24, 2.45) is 5.92 Å². The highest BCUT2D eigenvalue weighted by Gasteiger charge is 2.24. The minimum Gasteiger partial charge on any atom is -0.378 e. The molecule has 5 nitrogen and oxygen atoms in total. The molecule has 1 aromatic rings. The molecule has 0 radical (unpaired) electrons. The summed E-state index contributed by atoms with van der Waals surface area (Å²) >= 11 is 0. The molecule has 1 saturated heterocycles. The van der Waals surface area contributed by atoms with E-state index in [1.54, 1.807) is 6.92 Å². The SMILES string of the molecule is Cc1noc(NCC2CCOC2C)n1. The molecule has 0 aliphatic carbocycles. The van der Waals surface area contributed by atoms with Crippen molar-refractivity contribution in [1.82, 2.24) is 10.1 Å². The van der Waals surface area contributed by atoms with E-state index in [2.05, 4.69) is 22.4 Å². The molecule has 0 spiro atoms. The number of hydrogen-bond donors (Lipinski definition) is 1. The molecule has 1 aromatic heterocycles. The van der Waals surface area contributed by atoms with Crippen molar-refractivity contribution in [2.75, 3.05) is 18.5 Å². The van der Waals surface area contributed by atoms with Gasteiger partial charge in [-0.2, -0.15) is 4.98 Å². The van der Waals surface area contributed by atoms with Crippen LogP contribution in [0.3, 0.4) is 0 Å². The first-order chi connectivity index (χ1) is 6.75. The first-order valence-corrected chi connectivity index (χ1v) is 4.91. The van der Waals surface area contributed by atoms with Crippen molar-refractivity contribution < 1.29 is 9.26 Å². The van der Waals surface area contributed by atoms with Crippen LogP contribution < -0.4 is 5.32 Å². The molecule has 14 heavy (non-hydrogen) atoms. The van der Waals surface area contributed by atoms with Gasteiger partial charge in [-0.05, 0) is 20.3 Å². The first-order valence-electron chi connectivity index (χ1n) is 4.91. The highest BCUT2D eigenvalue weighted by atomic mass is 16.5. The van der Waals surface area contributed by atoms with E-state index in [0.29, 0.717) is 23.9 Å². The predicted octanol–water partition coefficient (Wildman–Crippen LogP) is 1.21. The summed E-state index contributed by atoms with van der Waals surface area (Å²) in [4.78, 5) is 4.07. The molecular weight excluding hydrogens is 182 g/mol. The van der Waals surface area contributed by atoms with Gasteiger partial charge in [0.15, 0.2) is 5.82 Å². The Kier molecular flexibility index (Phi) is 2.67. The molecule has 1 aliphatic heterocycles. The zero-order valence-electron chi connectivity index (χ0n) is 8.49. The van der Waals surface area contributed by atoms with Gasteiger partial charge < -0.3 is 14.6 Å². The van der Waals surface area contributed by atoms with E-state index in [1.165, 1.54) is 0 Å². The molecule has 2 heterocycles. The molecule has 78 valence electrons. The van der Waals surface area contributed by atoms with Gasteiger partial charge >= 0.3 is 6.01 Å². The molecule has 0 aromatic carbocycles. The van der Waals surface area contributed by atoms with E-state index in [0.717, 1.165) is 19.6 Å². The lowest BCUT2D eigenvalue weighted by molar-refractivity contribution is 0.108. The average molecular weight is 197 g/mol. The highest BCUT2D eigenvalue weighted by molar-refractivity contribution is 5.17. The number of hydrogen-bond acceptors (Lipinski definition) is 5. The Bertz CT molecular complexity index is 300. The van der Waals surface area contributed by atoms with Gasteiger partial charge in [0.1, 0.15) is 0 Å². The smallest absolute Gasteiger partial charge is 0.321 e. The second-order valence-electron chi connectivity index (χ2n) is 3.65. The van der Waals surface area contributed by atoms with Gasteiger partial charge in [-0.1, -0.05) is 5.16 Å². The van der Waals surface area contributed by atoms with Crippen molar-refractivity contribution in [3.8, 4) is 0 Å². The number of nitrogens with one attached hydrogen (secondary N) is 1. The van der Waals surface area contributed by atoms with E-state index in [-0.39, 0.29) is 0 Å². The molecule has 2 atom stereocenters. The summed E-state index contributed by atoms with van der Waals surface area (Å²) in [5.41, 5.74) is 0. The Morgan fingerprint density at radius 3 is 3.00 bits per heavy atom. The van der Waals surface area contributed by atoms with Crippen molar-refractivity contribution in [1.29, 1.82) is 0 Å². The maximum Gasteiger partial charge on any atom is 0.321 e. The molecule has 2 unspecified atom stereocenters. The topological polar surface area (TPSA) is 60.2 Å². The van der Waals surface area contributed by atoms with Crippen molar-refractivity contribution in [2.45, 2.75) is 26.4 Å². The van der Waals surface area contributed by atoms with E-state index >= 15 is 0 Å². The molecule has 0 saturated carbocycles. The molecule has 1 N–H and O–H groups in total. The van der Waals surface area contributed by atoms with Crippen LogP contribution in [0.4, 0.5) is 6.01 Å². The summed E-state index contributed by atoms with van der Waals surface area (Å²) in [6.07, 6.45) is 1.42. The van der Waals surface area contributed by atoms with Crippen LogP contribution in [-0.2, 0) is 4.74 Å². The van der Waals surface area contributed by atoms with Crippen molar-refractivity contribution in [3.63, 3.8) is 0 Å². The van der Waals surface area contributed by atoms with Crippen molar-refractivity contribution >= 4 is 6.01 Å². The van der Waals surface area contributed by atoms with Gasteiger partial charge in [0.05, 0.1) is 6.10 Å². The zero-order chi connectivity index (χ0) is 9.97. The summed E-state index contributed by atoms with van der Waals surface area (Å²) < 4.78 is 10.4. The Balaban J connectivity index is 1.82. The summed E-state index contributed by atoms with van der Waals surface area (Å²) in [6, 6.07) is 0.501. The van der Waals surface area contributed by atoms with Gasteiger partial charge in [-0.25, -0.2) is 0 Å². The van der Waals surface area contributed by atoms with Gasteiger partial charge in [0.2, 0.25) is 0 Å². The quantitative estimate of drug-likeness (QED) is 0.789. The number of aryl methyl sites for hydroxylation is 1. The van der Waals surface area contributed by atoms with Crippen LogP contribution in [0.15, 0.2) is 4.52 Å². The van der Waals surface area contributed by atoms with Crippen LogP contribution in [0.25, 0.3) is 0 Å². The number of ether oxygens (including phenoxy) is 1. The molecule has 0 amide bonds. The normalized spacial score (nSPS) is 26.7. The summed E-state index contributed by atoms with van der Waals surface area (Å²) in [5.74, 6) is 1.20. The molecular formula is C9H15N3O2. The second kappa shape index (κ2) is 3.96. The lowest BCUT2D eigenvalue weighted by Crippen LogP contribution is -2.20. The number of aromatic nitrogens is 2. The van der Waals surface area contributed by atoms with Gasteiger partial charge in [-0.15, -0.1) is 0 Å². The molecule has 5 heteroatoms. The van der Waals surface area contributed by atoms with Gasteiger partial charge in [0, 0.05) is 19.1 Å². The summed E-state index contributed by atoms with van der Waals surface area (Å²) in [7, 11) is 0. The third-order valence-electron chi connectivity index (χ3n) is 2.58. The largest absolute Gasteiger partial charge is 0.378 e. The fourth-order valence-electron chi connectivity index (χ4n) is 1.63. The standard InChI is InChI=1S/C9H15N3O2/c1-6-8(3-4-13-6)5-10-9-11-7(2)12-14-9/h6,8H,3-5H2,1-2H3,(H,10,11,12). The Hall–Kier alpha value is -1.10. The lowest BCUT2D eigenvalue weighted by atomic mass is 10.0. The average Bonchev–Trinajstić information content (AvgIpc) is 2.72. The number of anilines is 1. The minimum absolute atomic E-state index is 0.325. The van der Waals surface area contributed by atoms with Crippen LogP contribution in [0.5, 0.6) is 0 Å². The van der Waals surface area contributed by atoms with Crippen LogP contribution in [0.2, 0.25) is 0 Å². The molecule has 0 bridgehead atoms. The third kappa shape index (κ3) is 2.04. The fraction of sp³-hybridized carbons (Fsp3) is 0.778. The minimum atomic E-state index is 0.325. The van der Waals surface area contributed by atoms with Crippen molar-refractivity contribution in [3.05, 3.63) is 5.82 Å². The Morgan fingerprint density at radius 1 is 1.57 bits per heavy atom. The first kappa shape index (κ1) is 9.45. The van der Waals surface area contributed by atoms with E-state index in [9.17, 15) is 0 Å². The number of nitrogens with zero attached hydrogens (tertiary/aromatic N) is 2. The monoisotopic (exact) mass is 197 g/mol. The molecule has 2 rings (SSSR count). The van der Waals surface area contributed by atoms with Crippen LogP contribution in [0.1, 0.15) is 19.2 Å². The Labute approximate surface area is 82.8 Å². The summed E-state index contributed by atoms with van der Waals surface area (Å²) in [6.45, 7) is 5.59. The molecule has 1 aliphatic rings. The van der Waals surface area contributed by atoms with E-state index in [4.69, 9.17) is 9.26 Å². The van der Waals surface area contributed by atoms with Crippen LogP contribution in [-0.4, -0.2) is 29.4 Å². The van der Waals surface area contributed by atoms with E-state index in [1.807, 2.05) is 0 Å². The third-order valence-corrected chi connectivity index (χ3v) is 2.58. The lowest BCUT2D eigenvalue weighted by Gasteiger charge is -2.12. The predicted molar refractivity (Wildman–Crippen MR) is 51.0 cm³/mol. The van der Waals surface area contributed by atoms with Crippen LogP contribution >= 0.6 is 0 Å². The Morgan fingerprint density at radius 2 is 2.43 bits per heavy atom. The number of rotatable bonds is 3. The maximum absolute atomic E-state index is 5.45. The van der Waals surface area contributed by atoms with Gasteiger partial charge in [-0.3, -0.25) is 0 Å². The zero-order valence-corrected chi connectivity index (χ0v) is 8.49. The second-order valence-corrected chi connectivity index (χ2v) is 3.65. The van der Waals surface area contributed by atoms with Crippen LogP contribution in [0, 0.1) is 12.8 Å².